The second-order valence-corrected chi connectivity index (χ2v) is 2.66. The van der Waals surface area contributed by atoms with Gasteiger partial charge in [-0.3, -0.25) is 0 Å². The number of hydrogen-bond donors (Lipinski definition) is 0. The molecule has 0 spiro atoms. The Bertz CT molecular complexity index is 199. The molecule has 11 heavy (non-hydrogen) atoms. The summed E-state index contributed by atoms with van der Waals surface area (Å²) >= 11 is 0. The monoisotopic (exact) mass is 148 g/mol. The molecule has 0 rings (SSSR count). The molecule has 0 fully saturated rings. The summed E-state index contributed by atoms with van der Waals surface area (Å²) in [7, 11) is 0. The van der Waals surface area contributed by atoms with Crippen molar-refractivity contribution in [3.63, 3.8) is 0 Å². The van der Waals surface area contributed by atoms with Crippen LogP contribution in [0.1, 0.15) is 33.6 Å². The van der Waals surface area contributed by atoms with Crippen LogP contribution < -0.4 is 0 Å². The number of hydrogen-bond acceptors (Lipinski definition) is 0. The van der Waals surface area contributed by atoms with Crippen LogP contribution in [0.15, 0.2) is 23.3 Å². The van der Waals surface area contributed by atoms with Gasteiger partial charge in [0.15, 0.2) is 0 Å². The van der Waals surface area contributed by atoms with Crippen molar-refractivity contribution in [1.82, 2.24) is 0 Å². The molecule has 0 aromatic rings. The minimum absolute atomic E-state index is 1.08. The van der Waals surface area contributed by atoms with Crippen molar-refractivity contribution in [1.29, 1.82) is 0 Å². The van der Waals surface area contributed by atoms with Crippen LogP contribution in [0, 0.1) is 12.3 Å². The molecule has 0 unspecified atom stereocenters. The normalized spacial score (nSPS) is 12.9. The fourth-order valence-electron chi connectivity index (χ4n) is 0.777. The average molecular weight is 148 g/mol. The highest BCUT2D eigenvalue weighted by molar-refractivity contribution is 5.27. The van der Waals surface area contributed by atoms with E-state index < -0.39 is 0 Å². The summed E-state index contributed by atoms with van der Waals surface area (Å²) in [6.07, 6.45) is 11.7. The van der Waals surface area contributed by atoms with Crippen LogP contribution in [0.4, 0.5) is 0 Å². The van der Waals surface area contributed by atoms with Gasteiger partial charge in [0.1, 0.15) is 0 Å². The molecule has 0 radical (unpaired) electrons. The maximum absolute atomic E-state index is 5.25. The van der Waals surface area contributed by atoms with Gasteiger partial charge in [-0.15, -0.1) is 6.42 Å². The van der Waals surface area contributed by atoms with E-state index in [1.807, 2.05) is 13.8 Å². The molecule has 0 atom stereocenters. The first-order valence-corrected chi connectivity index (χ1v) is 3.96. The van der Waals surface area contributed by atoms with Gasteiger partial charge >= 0.3 is 0 Å². The summed E-state index contributed by atoms with van der Waals surface area (Å²) in [6.45, 7) is 6.12. The van der Waals surface area contributed by atoms with E-state index in [-0.39, 0.29) is 0 Å². The van der Waals surface area contributed by atoms with Crippen molar-refractivity contribution in [2.24, 2.45) is 0 Å². The standard InChI is InChI=1S/C11H16/c1-5-7-8-9-11(4)10(3)6-2/h2,5,7H,8-9H2,1,3-4H3. The molecule has 0 aliphatic carbocycles. The van der Waals surface area contributed by atoms with Gasteiger partial charge in [-0.25, -0.2) is 0 Å². The van der Waals surface area contributed by atoms with E-state index in [2.05, 4.69) is 25.0 Å². The minimum Gasteiger partial charge on any atom is -0.115 e. The minimum atomic E-state index is 1.08. The first-order valence-electron chi connectivity index (χ1n) is 3.96. The van der Waals surface area contributed by atoms with Crippen LogP contribution in [-0.2, 0) is 0 Å². The third kappa shape index (κ3) is 4.44. The molecule has 0 saturated heterocycles. The van der Waals surface area contributed by atoms with Crippen molar-refractivity contribution < 1.29 is 0 Å². The fourth-order valence-corrected chi connectivity index (χ4v) is 0.777. The average Bonchev–Trinajstić information content (AvgIpc) is 2.03. The maximum Gasteiger partial charge on any atom is -0.00241 e. The van der Waals surface area contributed by atoms with Crippen LogP contribution in [0.5, 0.6) is 0 Å². The molecule has 0 heterocycles. The van der Waals surface area contributed by atoms with Gasteiger partial charge in [0.2, 0.25) is 0 Å². The Balaban J connectivity index is 3.88. The number of rotatable bonds is 3. The Kier molecular flexibility index (Phi) is 5.29. The molecule has 0 aliphatic heterocycles. The van der Waals surface area contributed by atoms with Crippen LogP contribution in [0.2, 0.25) is 0 Å². The summed E-state index contributed by atoms with van der Waals surface area (Å²) in [5, 5.41) is 0. The predicted octanol–water partition coefficient (Wildman–Crippen LogP) is 3.31. The summed E-state index contributed by atoms with van der Waals surface area (Å²) < 4.78 is 0. The molecule has 0 bridgehead atoms. The summed E-state index contributed by atoms with van der Waals surface area (Å²) in [5.41, 5.74) is 2.40. The quantitative estimate of drug-likeness (QED) is 0.425. The zero-order chi connectivity index (χ0) is 8.69. The van der Waals surface area contributed by atoms with Gasteiger partial charge in [-0.2, -0.15) is 0 Å². The van der Waals surface area contributed by atoms with Crippen LogP contribution in [-0.4, -0.2) is 0 Å². The predicted molar refractivity (Wildman–Crippen MR) is 51.3 cm³/mol. The van der Waals surface area contributed by atoms with Gasteiger partial charge in [-0.05, 0) is 39.2 Å². The summed E-state index contributed by atoms with van der Waals surface area (Å²) in [4.78, 5) is 0. The van der Waals surface area contributed by atoms with E-state index in [0.29, 0.717) is 0 Å². The molecule has 0 aromatic heterocycles. The second-order valence-electron chi connectivity index (χ2n) is 2.66. The van der Waals surface area contributed by atoms with E-state index in [0.717, 1.165) is 18.4 Å². The van der Waals surface area contributed by atoms with Gasteiger partial charge in [0.25, 0.3) is 0 Å². The number of allylic oxidation sites excluding steroid dienone is 4. The lowest BCUT2D eigenvalue weighted by molar-refractivity contribution is 0.964. The highest BCUT2D eigenvalue weighted by atomic mass is 14.0. The molecule has 0 amide bonds. The Morgan fingerprint density at radius 2 is 2.09 bits per heavy atom. The Morgan fingerprint density at radius 3 is 2.55 bits per heavy atom. The van der Waals surface area contributed by atoms with Gasteiger partial charge < -0.3 is 0 Å². The SMILES string of the molecule is C#CC(C)=C(C)CCC=CC. The third-order valence-corrected chi connectivity index (χ3v) is 1.78. The lowest BCUT2D eigenvalue weighted by Gasteiger charge is -1.98. The van der Waals surface area contributed by atoms with Gasteiger partial charge in [0, 0.05) is 0 Å². The van der Waals surface area contributed by atoms with Crippen molar-refractivity contribution in [2.45, 2.75) is 33.6 Å². The zero-order valence-corrected chi connectivity index (χ0v) is 7.65. The van der Waals surface area contributed by atoms with Crippen LogP contribution >= 0.6 is 0 Å². The third-order valence-electron chi connectivity index (χ3n) is 1.78. The highest BCUT2D eigenvalue weighted by Gasteiger charge is 1.91. The van der Waals surface area contributed by atoms with E-state index >= 15 is 0 Å². The van der Waals surface area contributed by atoms with Gasteiger partial charge in [-0.1, -0.05) is 23.6 Å². The van der Waals surface area contributed by atoms with Gasteiger partial charge in [0.05, 0.1) is 0 Å². The molecule has 0 heteroatoms. The smallest absolute Gasteiger partial charge is 0.00241 e. The molecule has 0 N–H and O–H groups in total. The molecule has 0 nitrogen and oxygen atoms in total. The Labute approximate surface area is 70.0 Å². The lowest BCUT2D eigenvalue weighted by atomic mass is 10.1. The second kappa shape index (κ2) is 5.80. The Hall–Kier alpha value is -0.960. The molecule has 0 aromatic carbocycles. The molecular formula is C11H16. The van der Waals surface area contributed by atoms with E-state index in [9.17, 15) is 0 Å². The molecule has 0 saturated carbocycles. The molecular weight excluding hydrogens is 132 g/mol. The van der Waals surface area contributed by atoms with E-state index in [4.69, 9.17) is 6.42 Å². The van der Waals surface area contributed by atoms with Crippen LogP contribution in [0.3, 0.4) is 0 Å². The highest BCUT2D eigenvalue weighted by Crippen LogP contribution is 2.09. The fraction of sp³-hybridized carbons (Fsp3) is 0.455. The van der Waals surface area contributed by atoms with E-state index in [1.165, 1.54) is 5.57 Å². The lowest BCUT2D eigenvalue weighted by Crippen LogP contribution is -1.80. The summed E-state index contributed by atoms with van der Waals surface area (Å²) in [6, 6.07) is 0. The van der Waals surface area contributed by atoms with Crippen molar-refractivity contribution in [2.75, 3.05) is 0 Å². The van der Waals surface area contributed by atoms with Crippen molar-refractivity contribution in [3.05, 3.63) is 23.3 Å². The summed E-state index contributed by atoms with van der Waals surface area (Å²) in [5.74, 6) is 2.65. The van der Waals surface area contributed by atoms with Crippen molar-refractivity contribution in [3.8, 4) is 12.3 Å². The number of terminal acetylenes is 1. The topological polar surface area (TPSA) is 0 Å². The first kappa shape index (κ1) is 10.0. The zero-order valence-electron chi connectivity index (χ0n) is 7.65. The van der Waals surface area contributed by atoms with E-state index in [1.54, 1.807) is 0 Å². The largest absolute Gasteiger partial charge is 0.115 e. The molecule has 0 aliphatic rings. The van der Waals surface area contributed by atoms with Crippen LogP contribution in [0.25, 0.3) is 0 Å². The maximum atomic E-state index is 5.25. The Morgan fingerprint density at radius 1 is 1.45 bits per heavy atom. The molecule has 60 valence electrons. The van der Waals surface area contributed by atoms with Crippen molar-refractivity contribution >= 4 is 0 Å². The first-order chi connectivity index (χ1) is 5.22.